The summed E-state index contributed by atoms with van der Waals surface area (Å²) in [5, 5.41) is 3.54. The molecule has 1 N–H and O–H groups in total. The van der Waals surface area contributed by atoms with E-state index >= 15 is 0 Å². The molecule has 102 valence electrons. The Morgan fingerprint density at radius 1 is 1.11 bits per heavy atom. The first-order valence-corrected chi connectivity index (χ1v) is 7.06. The summed E-state index contributed by atoms with van der Waals surface area (Å²) in [7, 11) is 0. The van der Waals surface area contributed by atoms with E-state index < -0.39 is 0 Å². The van der Waals surface area contributed by atoms with Gasteiger partial charge < -0.3 is 9.73 Å². The van der Waals surface area contributed by atoms with Crippen molar-refractivity contribution in [2.75, 3.05) is 0 Å². The van der Waals surface area contributed by atoms with E-state index in [1.165, 1.54) is 11.1 Å². The van der Waals surface area contributed by atoms with E-state index in [9.17, 15) is 0 Å². The second kappa shape index (κ2) is 6.58. The number of rotatable bonds is 6. The molecule has 0 saturated carbocycles. The highest BCUT2D eigenvalue weighted by molar-refractivity contribution is 5.24. The lowest BCUT2D eigenvalue weighted by Gasteiger charge is -2.15. The van der Waals surface area contributed by atoms with Gasteiger partial charge in [0.05, 0.1) is 12.3 Å². The lowest BCUT2D eigenvalue weighted by atomic mass is 10.0. The molecular weight excluding hydrogens is 234 g/mol. The van der Waals surface area contributed by atoms with Crippen LogP contribution in [-0.4, -0.2) is 0 Å². The topological polar surface area (TPSA) is 25.2 Å². The lowest BCUT2D eigenvalue weighted by Crippen LogP contribution is -2.19. The molecule has 1 aromatic carbocycles. The van der Waals surface area contributed by atoms with Gasteiger partial charge in [-0.1, -0.05) is 45.0 Å². The summed E-state index contributed by atoms with van der Waals surface area (Å²) in [6.07, 6.45) is 2.76. The maximum atomic E-state index is 5.46. The van der Waals surface area contributed by atoms with Gasteiger partial charge in [-0.25, -0.2) is 0 Å². The van der Waals surface area contributed by atoms with Crippen LogP contribution in [0.4, 0.5) is 0 Å². The number of hydrogen-bond acceptors (Lipinski definition) is 2. The zero-order valence-electron chi connectivity index (χ0n) is 12.0. The van der Waals surface area contributed by atoms with E-state index in [1.54, 1.807) is 6.26 Å². The van der Waals surface area contributed by atoms with E-state index in [0.717, 1.165) is 18.7 Å². The summed E-state index contributed by atoms with van der Waals surface area (Å²) < 4.78 is 5.46. The van der Waals surface area contributed by atoms with Crippen LogP contribution in [-0.2, 0) is 6.54 Å². The molecule has 0 spiro atoms. The number of hydrogen-bond donors (Lipinski definition) is 1. The van der Waals surface area contributed by atoms with Gasteiger partial charge in [-0.05, 0) is 35.6 Å². The van der Waals surface area contributed by atoms with Crippen molar-refractivity contribution in [3.05, 3.63) is 59.5 Å². The number of furan rings is 1. The molecule has 2 rings (SSSR count). The highest BCUT2D eigenvalue weighted by Crippen LogP contribution is 2.18. The van der Waals surface area contributed by atoms with Crippen LogP contribution in [0.15, 0.2) is 47.1 Å². The summed E-state index contributed by atoms with van der Waals surface area (Å²) in [6.45, 7) is 7.48. The molecule has 1 aromatic heterocycles. The number of benzene rings is 1. The molecule has 0 aliphatic heterocycles. The van der Waals surface area contributed by atoms with Crippen molar-refractivity contribution in [2.45, 2.75) is 45.7 Å². The molecule has 1 heterocycles. The molecule has 2 nitrogen and oxygen atoms in total. The Kier molecular flexibility index (Phi) is 4.80. The Bertz CT molecular complexity index is 470. The smallest absolute Gasteiger partial charge is 0.120 e. The van der Waals surface area contributed by atoms with Gasteiger partial charge in [0, 0.05) is 6.54 Å². The van der Waals surface area contributed by atoms with Crippen LogP contribution < -0.4 is 5.32 Å². The minimum Gasteiger partial charge on any atom is -0.468 e. The number of nitrogens with one attached hydrogen (secondary N) is 1. The van der Waals surface area contributed by atoms with Crippen LogP contribution in [0.25, 0.3) is 0 Å². The molecule has 0 radical (unpaired) electrons. The van der Waals surface area contributed by atoms with Gasteiger partial charge in [-0.3, -0.25) is 0 Å². The molecule has 0 aliphatic carbocycles. The predicted octanol–water partition coefficient (Wildman–Crippen LogP) is 4.64. The van der Waals surface area contributed by atoms with Gasteiger partial charge >= 0.3 is 0 Å². The van der Waals surface area contributed by atoms with Crippen molar-refractivity contribution in [3.8, 4) is 0 Å². The van der Waals surface area contributed by atoms with Crippen molar-refractivity contribution in [2.24, 2.45) is 0 Å². The van der Waals surface area contributed by atoms with Gasteiger partial charge in [0.15, 0.2) is 0 Å². The summed E-state index contributed by atoms with van der Waals surface area (Å²) in [4.78, 5) is 0. The van der Waals surface area contributed by atoms with Gasteiger partial charge in [0.2, 0.25) is 0 Å². The summed E-state index contributed by atoms with van der Waals surface area (Å²) in [5.41, 5.74) is 2.70. The maximum absolute atomic E-state index is 5.46. The summed E-state index contributed by atoms with van der Waals surface area (Å²) in [6, 6.07) is 13.1. The quantitative estimate of drug-likeness (QED) is 0.815. The highest BCUT2D eigenvalue weighted by Gasteiger charge is 2.11. The molecule has 1 unspecified atom stereocenters. The predicted molar refractivity (Wildman–Crippen MR) is 79.1 cm³/mol. The van der Waals surface area contributed by atoms with Crippen LogP contribution >= 0.6 is 0 Å². The Morgan fingerprint density at radius 3 is 2.37 bits per heavy atom. The Morgan fingerprint density at radius 2 is 1.84 bits per heavy atom. The molecule has 2 heteroatoms. The molecule has 19 heavy (non-hydrogen) atoms. The molecule has 0 saturated heterocycles. The van der Waals surface area contributed by atoms with E-state index in [4.69, 9.17) is 4.42 Å². The second-order valence-corrected chi connectivity index (χ2v) is 5.25. The average Bonchev–Trinajstić information content (AvgIpc) is 2.94. The van der Waals surface area contributed by atoms with E-state index in [-0.39, 0.29) is 0 Å². The van der Waals surface area contributed by atoms with Crippen LogP contribution in [0, 0.1) is 0 Å². The Labute approximate surface area is 115 Å². The van der Waals surface area contributed by atoms with Crippen LogP contribution in [0.2, 0.25) is 0 Å². The van der Waals surface area contributed by atoms with Crippen LogP contribution in [0.1, 0.15) is 56.0 Å². The third-order valence-corrected chi connectivity index (χ3v) is 3.49. The van der Waals surface area contributed by atoms with Gasteiger partial charge in [0.1, 0.15) is 5.76 Å². The van der Waals surface area contributed by atoms with Crippen molar-refractivity contribution < 1.29 is 4.42 Å². The molecule has 0 amide bonds. The monoisotopic (exact) mass is 257 g/mol. The second-order valence-electron chi connectivity index (χ2n) is 5.25. The van der Waals surface area contributed by atoms with Crippen molar-refractivity contribution in [1.82, 2.24) is 5.32 Å². The van der Waals surface area contributed by atoms with Crippen LogP contribution in [0.3, 0.4) is 0 Å². The fourth-order valence-electron chi connectivity index (χ4n) is 2.20. The highest BCUT2D eigenvalue weighted by atomic mass is 16.3. The Balaban J connectivity index is 1.94. The first kappa shape index (κ1) is 13.9. The van der Waals surface area contributed by atoms with E-state index in [1.807, 2.05) is 12.1 Å². The minimum atomic E-state index is 0.291. The van der Waals surface area contributed by atoms with Crippen molar-refractivity contribution in [1.29, 1.82) is 0 Å². The summed E-state index contributed by atoms with van der Waals surface area (Å²) >= 11 is 0. The van der Waals surface area contributed by atoms with Gasteiger partial charge in [-0.2, -0.15) is 0 Å². The lowest BCUT2D eigenvalue weighted by molar-refractivity contribution is 0.403. The fourth-order valence-corrected chi connectivity index (χ4v) is 2.20. The van der Waals surface area contributed by atoms with E-state index in [0.29, 0.717) is 12.0 Å². The Hall–Kier alpha value is -1.54. The van der Waals surface area contributed by atoms with Crippen molar-refractivity contribution >= 4 is 0 Å². The molecule has 0 bridgehead atoms. The SMILES string of the molecule is CCC(NCc1ccc(C(C)C)cc1)c1ccco1. The van der Waals surface area contributed by atoms with Crippen molar-refractivity contribution in [3.63, 3.8) is 0 Å². The molecule has 0 aliphatic rings. The van der Waals surface area contributed by atoms with E-state index in [2.05, 4.69) is 50.4 Å². The first-order chi connectivity index (χ1) is 9.20. The molecule has 2 aromatic rings. The van der Waals surface area contributed by atoms with Crippen LogP contribution in [0.5, 0.6) is 0 Å². The minimum absolute atomic E-state index is 0.291. The maximum Gasteiger partial charge on any atom is 0.120 e. The average molecular weight is 257 g/mol. The molecule has 1 atom stereocenters. The normalized spacial score (nSPS) is 12.8. The van der Waals surface area contributed by atoms with Gasteiger partial charge in [-0.15, -0.1) is 0 Å². The standard InChI is InChI=1S/C17H23NO/c1-4-16(17-6-5-11-19-17)18-12-14-7-9-15(10-8-14)13(2)3/h5-11,13,16,18H,4,12H2,1-3H3. The largest absolute Gasteiger partial charge is 0.468 e. The fraction of sp³-hybridized carbons (Fsp3) is 0.412. The third-order valence-electron chi connectivity index (χ3n) is 3.49. The summed E-state index contributed by atoms with van der Waals surface area (Å²) in [5.74, 6) is 1.61. The molecular formula is C17H23NO. The van der Waals surface area contributed by atoms with Gasteiger partial charge in [0.25, 0.3) is 0 Å². The molecule has 0 fully saturated rings. The first-order valence-electron chi connectivity index (χ1n) is 7.06. The zero-order valence-corrected chi connectivity index (χ0v) is 12.0. The zero-order chi connectivity index (χ0) is 13.7. The third kappa shape index (κ3) is 3.71.